The average molecular weight is 165 g/mol. The number of rotatable bonds is 3. The lowest BCUT2D eigenvalue weighted by Gasteiger charge is -2.16. The molecule has 1 heterocycles. The molecule has 12 heavy (non-hydrogen) atoms. The van der Waals surface area contributed by atoms with Gasteiger partial charge in [0.15, 0.2) is 0 Å². The van der Waals surface area contributed by atoms with Gasteiger partial charge in [0.1, 0.15) is 0 Å². The van der Waals surface area contributed by atoms with Crippen LogP contribution in [0.5, 0.6) is 0 Å². The van der Waals surface area contributed by atoms with E-state index >= 15 is 0 Å². The number of pyridine rings is 1. The lowest BCUT2D eigenvalue weighted by molar-refractivity contribution is 0.941. The van der Waals surface area contributed by atoms with Gasteiger partial charge in [0.05, 0.1) is 5.69 Å². The molecule has 0 aliphatic rings. The number of anilines is 1. The van der Waals surface area contributed by atoms with Crippen molar-refractivity contribution in [1.29, 1.82) is 0 Å². The van der Waals surface area contributed by atoms with Crippen LogP contribution in [-0.2, 0) is 6.54 Å². The van der Waals surface area contributed by atoms with Crippen molar-refractivity contribution in [2.24, 2.45) is 5.73 Å². The van der Waals surface area contributed by atoms with E-state index in [1.807, 2.05) is 12.1 Å². The molecule has 0 aromatic carbocycles. The highest BCUT2D eigenvalue weighted by atomic mass is 15.1. The lowest BCUT2D eigenvalue weighted by atomic mass is 10.3. The van der Waals surface area contributed by atoms with Gasteiger partial charge in [0.25, 0.3) is 0 Å². The van der Waals surface area contributed by atoms with Crippen LogP contribution in [0.1, 0.15) is 12.6 Å². The summed E-state index contributed by atoms with van der Waals surface area (Å²) in [5, 5.41) is 0. The van der Waals surface area contributed by atoms with Gasteiger partial charge in [-0.25, -0.2) is 0 Å². The Kier molecular flexibility index (Phi) is 3.05. The molecule has 1 rings (SSSR count). The van der Waals surface area contributed by atoms with Gasteiger partial charge in [0, 0.05) is 32.0 Å². The lowest BCUT2D eigenvalue weighted by Crippen LogP contribution is -2.16. The van der Waals surface area contributed by atoms with Gasteiger partial charge in [-0.2, -0.15) is 0 Å². The third-order valence-corrected chi connectivity index (χ3v) is 1.92. The van der Waals surface area contributed by atoms with Crippen LogP contribution in [0.4, 0.5) is 5.69 Å². The van der Waals surface area contributed by atoms with E-state index in [-0.39, 0.29) is 0 Å². The third kappa shape index (κ3) is 1.95. The zero-order chi connectivity index (χ0) is 8.97. The summed E-state index contributed by atoms with van der Waals surface area (Å²) in [7, 11) is 2.05. The van der Waals surface area contributed by atoms with Gasteiger partial charge in [-0.1, -0.05) is 0 Å². The SMILES string of the molecule is CCN(C)c1ccnc(CN)c1. The predicted molar refractivity (Wildman–Crippen MR) is 51.1 cm³/mol. The molecule has 2 N–H and O–H groups in total. The van der Waals surface area contributed by atoms with Crippen molar-refractivity contribution < 1.29 is 0 Å². The standard InChI is InChI=1S/C9H15N3/c1-3-12(2)9-4-5-11-8(6-9)7-10/h4-6H,3,7,10H2,1-2H3. The third-order valence-electron chi connectivity index (χ3n) is 1.92. The zero-order valence-corrected chi connectivity index (χ0v) is 7.62. The fraction of sp³-hybridized carbons (Fsp3) is 0.444. The molecule has 0 saturated heterocycles. The largest absolute Gasteiger partial charge is 0.375 e. The van der Waals surface area contributed by atoms with E-state index in [0.29, 0.717) is 6.54 Å². The second-order valence-corrected chi connectivity index (χ2v) is 2.72. The maximum atomic E-state index is 5.48. The van der Waals surface area contributed by atoms with Gasteiger partial charge in [-0.15, -0.1) is 0 Å². The smallest absolute Gasteiger partial charge is 0.0560 e. The summed E-state index contributed by atoms with van der Waals surface area (Å²) >= 11 is 0. The fourth-order valence-corrected chi connectivity index (χ4v) is 0.997. The summed E-state index contributed by atoms with van der Waals surface area (Å²) in [5.74, 6) is 0. The Bertz CT molecular complexity index is 247. The summed E-state index contributed by atoms with van der Waals surface area (Å²) in [6.45, 7) is 3.61. The molecule has 0 spiro atoms. The molecule has 0 aliphatic heterocycles. The Morgan fingerprint density at radius 1 is 1.58 bits per heavy atom. The van der Waals surface area contributed by atoms with Crippen molar-refractivity contribution in [3.63, 3.8) is 0 Å². The van der Waals surface area contributed by atoms with Crippen LogP contribution >= 0.6 is 0 Å². The first-order valence-corrected chi connectivity index (χ1v) is 4.14. The molecular weight excluding hydrogens is 150 g/mol. The predicted octanol–water partition coefficient (Wildman–Crippen LogP) is 0.996. The molecule has 0 fully saturated rings. The molecule has 0 amide bonds. The number of hydrogen-bond donors (Lipinski definition) is 1. The van der Waals surface area contributed by atoms with Gasteiger partial charge in [0.2, 0.25) is 0 Å². The molecule has 0 atom stereocenters. The maximum absolute atomic E-state index is 5.48. The first kappa shape index (κ1) is 9.00. The second kappa shape index (κ2) is 4.07. The van der Waals surface area contributed by atoms with Crippen LogP contribution in [0.15, 0.2) is 18.3 Å². The molecule has 0 unspecified atom stereocenters. The number of nitrogens with two attached hydrogens (primary N) is 1. The Morgan fingerprint density at radius 2 is 2.33 bits per heavy atom. The van der Waals surface area contributed by atoms with Crippen molar-refractivity contribution in [2.75, 3.05) is 18.5 Å². The van der Waals surface area contributed by atoms with Crippen LogP contribution in [0.25, 0.3) is 0 Å². The number of aromatic nitrogens is 1. The molecule has 0 radical (unpaired) electrons. The van der Waals surface area contributed by atoms with Crippen molar-refractivity contribution in [1.82, 2.24) is 4.98 Å². The van der Waals surface area contributed by atoms with E-state index in [0.717, 1.165) is 12.2 Å². The van der Waals surface area contributed by atoms with E-state index in [4.69, 9.17) is 5.73 Å². The quantitative estimate of drug-likeness (QED) is 0.726. The van der Waals surface area contributed by atoms with Crippen molar-refractivity contribution >= 4 is 5.69 Å². The molecule has 66 valence electrons. The Balaban J connectivity index is 2.86. The minimum atomic E-state index is 0.505. The molecular formula is C9H15N3. The van der Waals surface area contributed by atoms with Crippen LogP contribution in [0.2, 0.25) is 0 Å². The van der Waals surface area contributed by atoms with Gasteiger partial charge in [-0.05, 0) is 19.1 Å². The monoisotopic (exact) mass is 165 g/mol. The summed E-state index contributed by atoms with van der Waals surface area (Å²) < 4.78 is 0. The maximum Gasteiger partial charge on any atom is 0.0560 e. The Hall–Kier alpha value is -1.09. The molecule has 3 nitrogen and oxygen atoms in total. The minimum Gasteiger partial charge on any atom is -0.375 e. The van der Waals surface area contributed by atoms with Crippen molar-refractivity contribution in [3.05, 3.63) is 24.0 Å². The molecule has 0 bridgehead atoms. The summed E-state index contributed by atoms with van der Waals surface area (Å²) in [6, 6.07) is 4.01. The zero-order valence-electron chi connectivity index (χ0n) is 7.62. The van der Waals surface area contributed by atoms with Gasteiger partial charge >= 0.3 is 0 Å². The van der Waals surface area contributed by atoms with E-state index in [9.17, 15) is 0 Å². The summed E-state index contributed by atoms with van der Waals surface area (Å²) in [5.41, 5.74) is 7.59. The minimum absolute atomic E-state index is 0.505. The average Bonchev–Trinajstić information content (AvgIpc) is 2.17. The first-order chi connectivity index (χ1) is 5.77. The normalized spacial score (nSPS) is 9.92. The highest BCUT2D eigenvalue weighted by molar-refractivity contribution is 5.45. The fourth-order valence-electron chi connectivity index (χ4n) is 0.997. The van der Waals surface area contributed by atoms with Gasteiger partial charge in [-0.3, -0.25) is 4.98 Å². The molecule has 3 heteroatoms. The highest BCUT2D eigenvalue weighted by Gasteiger charge is 1.98. The van der Waals surface area contributed by atoms with Crippen molar-refractivity contribution in [2.45, 2.75) is 13.5 Å². The number of hydrogen-bond acceptors (Lipinski definition) is 3. The number of nitrogens with zero attached hydrogens (tertiary/aromatic N) is 2. The molecule has 0 saturated carbocycles. The van der Waals surface area contributed by atoms with Crippen molar-refractivity contribution in [3.8, 4) is 0 Å². The van der Waals surface area contributed by atoms with Crippen LogP contribution < -0.4 is 10.6 Å². The Labute approximate surface area is 73.2 Å². The topological polar surface area (TPSA) is 42.2 Å². The van der Waals surface area contributed by atoms with E-state index in [2.05, 4.69) is 23.9 Å². The summed E-state index contributed by atoms with van der Waals surface area (Å²) in [6.07, 6.45) is 1.80. The van der Waals surface area contributed by atoms with Crippen LogP contribution in [0, 0.1) is 0 Å². The van der Waals surface area contributed by atoms with Crippen LogP contribution in [-0.4, -0.2) is 18.6 Å². The molecule has 0 aliphatic carbocycles. The van der Waals surface area contributed by atoms with E-state index in [1.54, 1.807) is 6.20 Å². The van der Waals surface area contributed by atoms with E-state index in [1.165, 1.54) is 5.69 Å². The molecule has 1 aromatic heterocycles. The van der Waals surface area contributed by atoms with E-state index < -0.39 is 0 Å². The highest BCUT2D eigenvalue weighted by Crippen LogP contribution is 2.11. The summed E-state index contributed by atoms with van der Waals surface area (Å²) in [4.78, 5) is 6.28. The second-order valence-electron chi connectivity index (χ2n) is 2.72. The Morgan fingerprint density at radius 3 is 2.92 bits per heavy atom. The first-order valence-electron chi connectivity index (χ1n) is 4.14. The van der Waals surface area contributed by atoms with Gasteiger partial charge < -0.3 is 10.6 Å². The molecule has 1 aromatic rings. The van der Waals surface area contributed by atoms with Crippen LogP contribution in [0.3, 0.4) is 0 Å².